The van der Waals surface area contributed by atoms with Crippen molar-refractivity contribution >= 4 is 22.8 Å². The highest BCUT2D eigenvalue weighted by Crippen LogP contribution is 2.53. The van der Waals surface area contributed by atoms with Gasteiger partial charge in [-0.15, -0.1) is 0 Å². The Labute approximate surface area is 321 Å². The Morgan fingerprint density at radius 1 is 0.500 bits per heavy atom. The van der Waals surface area contributed by atoms with Gasteiger partial charge in [-0.25, -0.2) is 0 Å². The summed E-state index contributed by atoms with van der Waals surface area (Å²) in [6.45, 7) is 7.84. The maximum absolute atomic E-state index is 14.1. The van der Waals surface area contributed by atoms with Gasteiger partial charge in [0.2, 0.25) is 0 Å². The van der Waals surface area contributed by atoms with Crippen LogP contribution < -0.4 is 5.32 Å². The maximum Gasteiger partial charge on any atom is 0.345 e. The summed E-state index contributed by atoms with van der Waals surface area (Å²) in [7, 11) is -12.6. The summed E-state index contributed by atoms with van der Waals surface area (Å²) < 4.78 is 58.6. The fourth-order valence-corrected chi connectivity index (χ4v) is 11.8. The molecule has 1 heterocycles. The molecule has 0 radical (unpaired) electrons. The molecule has 6 unspecified atom stereocenters. The van der Waals surface area contributed by atoms with Crippen molar-refractivity contribution in [2.24, 2.45) is 0 Å². The summed E-state index contributed by atoms with van der Waals surface area (Å²) in [5, 5.41) is 3.45. The van der Waals surface area contributed by atoms with Gasteiger partial charge in [0.1, 0.15) is 17.3 Å². The predicted molar refractivity (Wildman–Crippen MR) is 214 cm³/mol. The van der Waals surface area contributed by atoms with Crippen LogP contribution in [0.15, 0.2) is 91.0 Å². The third-order valence-electron chi connectivity index (χ3n) is 9.62. The van der Waals surface area contributed by atoms with Gasteiger partial charge < -0.3 is 33.6 Å². The summed E-state index contributed by atoms with van der Waals surface area (Å²) in [6.07, 6.45) is 0.723. The summed E-state index contributed by atoms with van der Waals surface area (Å²) in [4.78, 5) is 40.1. The third-order valence-corrected chi connectivity index (χ3v) is 15.3. The minimum atomic E-state index is -4.28. The Morgan fingerprint density at radius 3 is 1.02 bits per heavy atom. The normalized spacial score (nSPS) is 21.0. The molecule has 1 fully saturated rings. The Kier molecular flexibility index (Phi) is 18.2. The second-order valence-corrected chi connectivity index (χ2v) is 19.3. The fraction of sp³-hybridized carbons (Fsp3) is 0.526. The molecule has 1 aliphatic heterocycles. The zero-order chi connectivity index (χ0) is 39.0. The van der Waals surface area contributed by atoms with Crippen molar-refractivity contribution in [1.29, 1.82) is 0 Å². The molecule has 0 spiro atoms. The number of nitrogens with zero attached hydrogens (tertiary/aromatic N) is 3. The van der Waals surface area contributed by atoms with Crippen LogP contribution in [0.4, 0.5) is 0 Å². The number of nitrogens with one attached hydrogen (secondary N) is 1. The van der Waals surface area contributed by atoms with Crippen LogP contribution in [-0.4, -0.2) is 119 Å². The quantitative estimate of drug-likeness (QED) is 0.113. The van der Waals surface area contributed by atoms with E-state index >= 15 is 0 Å². The van der Waals surface area contributed by atoms with E-state index in [1.807, 2.05) is 106 Å². The van der Waals surface area contributed by atoms with Gasteiger partial charge in [-0.3, -0.25) is 28.4 Å². The molecule has 1 saturated heterocycles. The average Bonchev–Trinajstić information content (AvgIpc) is 3.14. The molecule has 0 saturated carbocycles. The van der Waals surface area contributed by atoms with Crippen LogP contribution in [0, 0.1) is 0 Å². The molecule has 300 valence electrons. The van der Waals surface area contributed by atoms with E-state index in [2.05, 4.69) is 5.32 Å². The van der Waals surface area contributed by atoms with E-state index in [0.717, 1.165) is 16.7 Å². The molecule has 0 amide bonds. The monoisotopic (exact) mass is 808 g/mol. The van der Waals surface area contributed by atoms with Crippen LogP contribution in [0.25, 0.3) is 0 Å². The predicted octanol–water partition coefficient (Wildman–Crippen LogP) is 5.87. The Balaban J connectivity index is 1.76. The van der Waals surface area contributed by atoms with E-state index in [9.17, 15) is 28.4 Å². The van der Waals surface area contributed by atoms with Gasteiger partial charge in [-0.1, -0.05) is 91.0 Å². The van der Waals surface area contributed by atoms with Crippen LogP contribution in [0.2, 0.25) is 0 Å². The molecule has 54 heavy (non-hydrogen) atoms. The van der Waals surface area contributed by atoms with Gasteiger partial charge in [0, 0.05) is 52.4 Å². The lowest BCUT2D eigenvalue weighted by Crippen LogP contribution is -2.52. The first-order valence-electron chi connectivity index (χ1n) is 18.9. The largest absolute Gasteiger partial charge is 0.345 e. The average molecular weight is 809 g/mol. The molecular weight excluding hydrogens is 749 g/mol. The summed E-state index contributed by atoms with van der Waals surface area (Å²) in [5.74, 6) is -2.75. The third kappa shape index (κ3) is 13.6. The minimum Gasteiger partial charge on any atom is -0.323 e. The highest BCUT2D eigenvalue weighted by atomic mass is 31.2. The van der Waals surface area contributed by atoms with E-state index in [1.165, 1.54) is 0 Å². The van der Waals surface area contributed by atoms with E-state index in [-0.39, 0.29) is 65.3 Å². The van der Waals surface area contributed by atoms with Crippen LogP contribution >= 0.6 is 22.8 Å². The number of hydrogen-bond donors (Lipinski definition) is 4. The molecule has 0 aliphatic carbocycles. The van der Waals surface area contributed by atoms with Crippen LogP contribution in [0.3, 0.4) is 0 Å². The first-order chi connectivity index (χ1) is 25.9. The van der Waals surface area contributed by atoms with Crippen LogP contribution in [0.5, 0.6) is 0 Å². The standard InChI is InChI=1S/C38H59N4O9P3/c1-4-49-52(43,44)36(30-33-16-10-7-11-17-33)40-24-22-39-23-25-41(37(53(45,46)50-5-2)31-34-18-12-8-13-19-34)27-29-42(28-26-40)38(54(47,48)51-6-3)32-35-20-14-9-15-21-35/h7-21,36-39H,4-6,22-32H2,1-3H3,(H,43,44)(H,45,46)(H,47,48). The highest BCUT2D eigenvalue weighted by Gasteiger charge is 2.42. The number of benzene rings is 3. The second kappa shape index (κ2) is 22.0. The molecule has 1 aliphatic rings. The van der Waals surface area contributed by atoms with Crippen molar-refractivity contribution < 1.29 is 41.9 Å². The first-order valence-corrected chi connectivity index (χ1v) is 23.8. The van der Waals surface area contributed by atoms with Gasteiger partial charge in [0.15, 0.2) is 0 Å². The Bertz CT molecular complexity index is 1580. The van der Waals surface area contributed by atoms with Crippen molar-refractivity contribution in [3.63, 3.8) is 0 Å². The minimum absolute atomic E-state index is 0.0270. The van der Waals surface area contributed by atoms with Crippen molar-refractivity contribution in [2.45, 2.75) is 57.4 Å². The number of rotatable bonds is 18. The molecule has 4 rings (SSSR count). The van der Waals surface area contributed by atoms with Gasteiger partial charge in [0.05, 0.1) is 19.8 Å². The van der Waals surface area contributed by atoms with Crippen molar-refractivity contribution in [3.8, 4) is 0 Å². The molecular formula is C38H59N4O9P3. The highest BCUT2D eigenvalue weighted by molar-refractivity contribution is 7.54. The van der Waals surface area contributed by atoms with Crippen LogP contribution in [0.1, 0.15) is 37.5 Å². The molecule has 3 aromatic rings. The lowest BCUT2D eigenvalue weighted by atomic mass is 10.1. The molecule has 0 bridgehead atoms. The Hall–Kier alpha value is -2.05. The molecule has 13 nitrogen and oxygen atoms in total. The molecule has 4 N–H and O–H groups in total. The van der Waals surface area contributed by atoms with E-state index < -0.39 is 40.1 Å². The maximum atomic E-state index is 14.1. The summed E-state index contributed by atoms with van der Waals surface area (Å²) >= 11 is 0. The van der Waals surface area contributed by atoms with Crippen molar-refractivity contribution in [3.05, 3.63) is 108 Å². The second-order valence-electron chi connectivity index (χ2n) is 13.3. The van der Waals surface area contributed by atoms with E-state index in [1.54, 1.807) is 20.8 Å². The lowest BCUT2D eigenvalue weighted by molar-refractivity contribution is 0.117. The van der Waals surface area contributed by atoms with Gasteiger partial charge in [0.25, 0.3) is 0 Å². The zero-order valence-corrected chi connectivity index (χ0v) is 34.4. The Morgan fingerprint density at radius 2 is 0.759 bits per heavy atom. The smallest absolute Gasteiger partial charge is 0.323 e. The molecule has 6 atom stereocenters. The van der Waals surface area contributed by atoms with E-state index in [0.29, 0.717) is 26.2 Å². The molecule has 0 aromatic heterocycles. The zero-order valence-electron chi connectivity index (χ0n) is 31.8. The lowest BCUT2D eigenvalue weighted by Gasteiger charge is -2.41. The van der Waals surface area contributed by atoms with Crippen molar-refractivity contribution in [1.82, 2.24) is 20.0 Å². The summed E-state index contributed by atoms with van der Waals surface area (Å²) in [5.41, 5.74) is 2.61. The topological polar surface area (TPSA) is 161 Å². The van der Waals surface area contributed by atoms with Crippen LogP contribution in [-0.2, 0) is 46.5 Å². The number of hydrogen-bond acceptors (Lipinski definition) is 10. The van der Waals surface area contributed by atoms with Gasteiger partial charge in [-0.2, -0.15) is 0 Å². The SMILES string of the molecule is CCOP(=O)(O)C(Cc1ccccc1)N1CCNCCN(C(Cc2ccccc2)P(=O)(O)OCC)CCN(C(Cc2ccccc2)P(=O)(O)OCC)CC1. The first kappa shape index (κ1) is 44.7. The fourth-order valence-electron chi connectivity index (χ4n) is 6.95. The molecule has 16 heteroatoms. The van der Waals surface area contributed by atoms with Crippen molar-refractivity contribution in [2.75, 3.05) is 72.2 Å². The van der Waals surface area contributed by atoms with Gasteiger partial charge >= 0.3 is 22.8 Å². The molecule has 3 aromatic carbocycles. The summed E-state index contributed by atoms with van der Waals surface area (Å²) in [6, 6.07) is 28.5. The van der Waals surface area contributed by atoms with Gasteiger partial charge in [-0.05, 0) is 56.7 Å². The van der Waals surface area contributed by atoms with E-state index in [4.69, 9.17) is 13.6 Å².